The second kappa shape index (κ2) is 4.69. The topological polar surface area (TPSA) is 3.24 Å². The van der Waals surface area contributed by atoms with Crippen molar-refractivity contribution in [2.24, 2.45) is 11.8 Å². The number of allylic oxidation sites excluding steroid dienone is 2. The van der Waals surface area contributed by atoms with Gasteiger partial charge in [-0.05, 0) is 25.1 Å². The van der Waals surface area contributed by atoms with Crippen LogP contribution in [-0.4, -0.2) is 13.1 Å². The van der Waals surface area contributed by atoms with Gasteiger partial charge in [0.15, 0.2) is 0 Å². The van der Waals surface area contributed by atoms with Crippen LogP contribution in [0.1, 0.15) is 12.5 Å². The molecule has 0 spiro atoms. The van der Waals surface area contributed by atoms with E-state index in [2.05, 4.69) is 25.2 Å². The van der Waals surface area contributed by atoms with Crippen LogP contribution in [0.3, 0.4) is 0 Å². The number of fused-ring (bicyclic) bond motifs is 1. The highest BCUT2D eigenvalue weighted by Gasteiger charge is 2.34. The van der Waals surface area contributed by atoms with E-state index in [0.717, 1.165) is 19.2 Å². The molecule has 1 saturated heterocycles. The van der Waals surface area contributed by atoms with Gasteiger partial charge in [0.1, 0.15) is 0 Å². The van der Waals surface area contributed by atoms with Crippen molar-refractivity contribution in [2.75, 3.05) is 18.0 Å². The molecule has 0 saturated carbocycles. The molecule has 1 aromatic carbocycles. The lowest BCUT2D eigenvalue weighted by Gasteiger charge is -2.19. The average Bonchev–Trinajstić information content (AvgIpc) is 2.81. The molecule has 1 aliphatic heterocycles. The van der Waals surface area contributed by atoms with Gasteiger partial charge in [-0.1, -0.05) is 29.9 Å². The molecule has 2 aliphatic rings. The first-order valence-corrected chi connectivity index (χ1v) is 6.72. The Labute approximate surface area is 116 Å². The molecule has 0 aromatic heterocycles. The van der Waals surface area contributed by atoms with E-state index in [1.807, 2.05) is 4.90 Å². The molecule has 0 bridgehead atoms. The number of nitrogens with zero attached hydrogens (tertiary/aromatic N) is 1. The summed E-state index contributed by atoms with van der Waals surface area (Å²) in [7, 11) is 0. The summed E-state index contributed by atoms with van der Waals surface area (Å²) in [4.78, 5) is 2.05. The van der Waals surface area contributed by atoms with E-state index in [1.165, 1.54) is 17.7 Å². The van der Waals surface area contributed by atoms with Gasteiger partial charge in [-0.2, -0.15) is 13.2 Å². The molecule has 0 N–H and O–H groups in total. The van der Waals surface area contributed by atoms with Crippen LogP contribution in [0.5, 0.6) is 0 Å². The molecule has 20 heavy (non-hydrogen) atoms. The van der Waals surface area contributed by atoms with Crippen molar-refractivity contribution in [3.8, 4) is 0 Å². The maximum atomic E-state index is 12.8. The molecule has 1 heterocycles. The summed E-state index contributed by atoms with van der Waals surface area (Å²) in [6.45, 7) is 3.62. The lowest BCUT2D eigenvalue weighted by molar-refractivity contribution is -0.137. The zero-order chi connectivity index (χ0) is 14.3. The first kappa shape index (κ1) is 13.3. The lowest BCUT2D eigenvalue weighted by atomic mass is 9.89. The normalized spacial score (nSPS) is 25.6. The Balaban J connectivity index is 1.83. The van der Waals surface area contributed by atoms with Crippen molar-refractivity contribution in [3.63, 3.8) is 0 Å². The molecule has 106 valence electrons. The quantitative estimate of drug-likeness (QED) is 0.742. The van der Waals surface area contributed by atoms with Gasteiger partial charge in [-0.15, -0.1) is 0 Å². The van der Waals surface area contributed by atoms with Crippen LogP contribution in [0, 0.1) is 11.8 Å². The molecule has 0 radical (unpaired) electrons. The Morgan fingerprint density at radius 2 is 1.90 bits per heavy atom. The summed E-state index contributed by atoms with van der Waals surface area (Å²) in [6, 6.07) is 5.61. The third-order valence-corrected chi connectivity index (χ3v) is 4.03. The maximum Gasteiger partial charge on any atom is 0.416 e. The Morgan fingerprint density at radius 1 is 1.15 bits per heavy atom. The molecule has 2 atom stereocenters. The van der Waals surface area contributed by atoms with E-state index >= 15 is 0 Å². The first-order valence-electron chi connectivity index (χ1n) is 6.72. The fraction of sp³-hybridized carbons (Fsp3) is 0.375. The van der Waals surface area contributed by atoms with Crippen molar-refractivity contribution in [3.05, 3.63) is 53.6 Å². The number of rotatable bonds is 1. The highest BCUT2D eigenvalue weighted by molar-refractivity contribution is 5.51. The fourth-order valence-corrected chi connectivity index (χ4v) is 2.99. The monoisotopic (exact) mass is 279 g/mol. The van der Waals surface area contributed by atoms with Crippen LogP contribution in [0.2, 0.25) is 0 Å². The molecule has 4 heteroatoms. The predicted molar refractivity (Wildman–Crippen MR) is 73.5 cm³/mol. The number of anilines is 1. The minimum Gasteiger partial charge on any atom is -0.370 e. The standard InChI is InChI=1S/C16H16F3N/c1-11-5-6-12-9-20(10-13(12)7-11)15-4-2-3-14(8-15)16(17,18)19/h2-8,12-13H,9-10H2,1H3. The Morgan fingerprint density at radius 3 is 2.65 bits per heavy atom. The van der Waals surface area contributed by atoms with Crippen molar-refractivity contribution in [1.29, 1.82) is 0 Å². The van der Waals surface area contributed by atoms with E-state index in [4.69, 9.17) is 0 Å². The largest absolute Gasteiger partial charge is 0.416 e. The van der Waals surface area contributed by atoms with Crippen LogP contribution in [0.4, 0.5) is 18.9 Å². The molecule has 1 aliphatic carbocycles. The van der Waals surface area contributed by atoms with E-state index in [-0.39, 0.29) is 0 Å². The van der Waals surface area contributed by atoms with Crippen molar-refractivity contribution in [2.45, 2.75) is 13.1 Å². The zero-order valence-corrected chi connectivity index (χ0v) is 11.2. The Bertz CT molecular complexity index is 571. The lowest BCUT2D eigenvalue weighted by Crippen LogP contribution is -2.20. The SMILES string of the molecule is CC1=CC2CN(c3cccc(C(F)(F)F)c3)CC2C=C1. The first-order chi connectivity index (χ1) is 9.43. The number of alkyl halides is 3. The second-order valence-electron chi connectivity index (χ2n) is 5.55. The van der Waals surface area contributed by atoms with Gasteiger partial charge in [0, 0.05) is 30.6 Å². The maximum absolute atomic E-state index is 12.8. The van der Waals surface area contributed by atoms with Gasteiger partial charge in [-0.3, -0.25) is 0 Å². The van der Waals surface area contributed by atoms with Crippen LogP contribution >= 0.6 is 0 Å². The third kappa shape index (κ3) is 2.47. The Kier molecular flexibility index (Phi) is 3.11. The minimum atomic E-state index is -4.28. The van der Waals surface area contributed by atoms with Crippen molar-refractivity contribution < 1.29 is 13.2 Å². The van der Waals surface area contributed by atoms with Gasteiger partial charge >= 0.3 is 6.18 Å². The van der Waals surface area contributed by atoms with E-state index in [9.17, 15) is 13.2 Å². The fourth-order valence-electron chi connectivity index (χ4n) is 2.99. The van der Waals surface area contributed by atoms with Gasteiger partial charge in [0.05, 0.1) is 5.56 Å². The van der Waals surface area contributed by atoms with Gasteiger partial charge in [-0.25, -0.2) is 0 Å². The number of hydrogen-bond donors (Lipinski definition) is 0. The van der Waals surface area contributed by atoms with E-state index in [1.54, 1.807) is 6.07 Å². The summed E-state index contributed by atoms with van der Waals surface area (Å²) in [5, 5.41) is 0. The summed E-state index contributed by atoms with van der Waals surface area (Å²) in [5.74, 6) is 0.822. The molecule has 0 amide bonds. The van der Waals surface area contributed by atoms with E-state index in [0.29, 0.717) is 17.5 Å². The van der Waals surface area contributed by atoms with Crippen molar-refractivity contribution >= 4 is 5.69 Å². The smallest absolute Gasteiger partial charge is 0.370 e. The van der Waals surface area contributed by atoms with Crippen LogP contribution in [0.15, 0.2) is 48.1 Å². The molecule has 1 aromatic rings. The average molecular weight is 279 g/mol. The Hall–Kier alpha value is -1.71. The van der Waals surface area contributed by atoms with Gasteiger partial charge in [0.2, 0.25) is 0 Å². The molecule has 2 unspecified atom stereocenters. The minimum absolute atomic E-state index is 0.410. The summed E-state index contributed by atoms with van der Waals surface area (Å²) < 4.78 is 38.3. The second-order valence-corrected chi connectivity index (χ2v) is 5.55. The van der Waals surface area contributed by atoms with Crippen LogP contribution in [-0.2, 0) is 6.18 Å². The van der Waals surface area contributed by atoms with Crippen molar-refractivity contribution in [1.82, 2.24) is 0 Å². The zero-order valence-electron chi connectivity index (χ0n) is 11.2. The summed E-state index contributed by atoms with van der Waals surface area (Å²) in [5.41, 5.74) is 1.32. The number of hydrogen-bond acceptors (Lipinski definition) is 1. The van der Waals surface area contributed by atoms with Crippen LogP contribution < -0.4 is 4.90 Å². The number of halogens is 3. The molecular formula is C16H16F3N. The van der Waals surface area contributed by atoms with Gasteiger partial charge < -0.3 is 4.90 Å². The van der Waals surface area contributed by atoms with Gasteiger partial charge in [0.25, 0.3) is 0 Å². The van der Waals surface area contributed by atoms with E-state index < -0.39 is 11.7 Å². The molecular weight excluding hydrogens is 263 g/mol. The summed E-state index contributed by atoms with van der Waals surface area (Å²) >= 11 is 0. The number of benzene rings is 1. The highest BCUT2D eigenvalue weighted by atomic mass is 19.4. The highest BCUT2D eigenvalue weighted by Crippen LogP contribution is 2.36. The van der Waals surface area contributed by atoms with Crippen LogP contribution in [0.25, 0.3) is 0 Å². The predicted octanol–water partition coefficient (Wildman–Crippen LogP) is 4.27. The third-order valence-electron chi connectivity index (χ3n) is 4.03. The molecule has 1 nitrogen and oxygen atoms in total. The summed E-state index contributed by atoms with van der Waals surface area (Å²) in [6.07, 6.45) is 2.21. The molecule has 3 rings (SSSR count). The molecule has 1 fully saturated rings.